The first kappa shape index (κ1) is 18.6. The Morgan fingerprint density at radius 2 is 0.949 bits per heavy atom. The predicted octanol–water partition coefficient (Wildman–Crippen LogP) is 7.93. The zero-order valence-electron chi connectivity index (χ0n) is 20.2. The topological polar surface area (TPSA) is 65.3 Å². The SMILES string of the molecule is c1ccc2c(c1)oc1c2ccc2c1nc1n2c2cccc3c2n1c1nc2c4oc5ccccc5c4ccc2n31. The van der Waals surface area contributed by atoms with Crippen LogP contribution in [0.5, 0.6) is 0 Å². The molecule has 11 rings (SSSR count). The molecule has 0 bridgehead atoms. The molecule has 11 aromatic rings. The van der Waals surface area contributed by atoms with Crippen LogP contribution in [0.25, 0.3) is 94.0 Å². The van der Waals surface area contributed by atoms with Crippen LogP contribution in [0.15, 0.2) is 99.8 Å². The molecule has 0 N–H and O–H groups in total. The van der Waals surface area contributed by atoms with Crippen LogP contribution in [-0.2, 0) is 0 Å². The van der Waals surface area contributed by atoms with Gasteiger partial charge in [0, 0.05) is 21.5 Å². The van der Waals surface area contributed by atoms with E-state index in [0.29, 0.717) is 0 Å². The maximum absolute atomic E-state index is 6.34. The molecule has 0 amide bonds. The Morgan fingerprint density at radius 1 is 0.436 bits per heavy atom. The fourth-order valence-corrected chi connectivity index (χ4v) is 6.79. The number of furan rings is 2. The van der Waals surface area contributed by atoms with E-state index in [1.165, 1.54) is 0 Å². The molecule has 0 aliphatic carbocycles. The van der Waals surface area contributed by atoms with E-state index in [1.54, 1.807) is 0 Å². The highest BCUT2D eigenvalue weighted by Gasteiger charge is 2.26. The Hall–Kier alpha value is -5.56. The van der Waals surface area contributed by atoms with Gasteiger partial charge in [-0.2, -0.15) is 0 Å². The molecular formula is C32H15N5O2. The maximum Gasteiger partial charge on any atom is 0.223 e. The van der Waals surface area contributed by atoms with Crippen LogP contribution in [0.2, 0.25) is 0 Å². The fourth-order valence-electron chi connectivity index (χ4n) is 6.79. The molecule has 39 heavy (non-hydrogen) atoms. The number of fused-ring (bicyclic) bond motifs is 18. The number of benzene rings is 5. The van der Waals surface area contributed by atoms with Crippen molar-refractivity contribution in [3.05, 3.63) is 91.0 Å². The fraction of sp³-hybridized carbons (Fsp3) is 0. The quantitative estimate of drug-likeness (QED) is 0.212. The molecule has 0 spiro atoms. The summed E-state index contributed by atoms with van der Waals surface area (Å²) in [6.07, 6.45) is 0. The zero-order chi connectivity index (χ0) is 25.0. The average molecular weight is 502 g/mol. The minimum Gasteiger partial charge on any atom is -0.454 e. The Kier molecular flexibility index (Phi) is 2.84. The third-order valence-electron chi connectivity index (χ3n) is 8.40. The van der Waals surface area contributed by atoms with Crippen molar-refractivity contribution in [2.75, 3.05) is 0 Å². The van der Waals surface area contributed by atoms with Gasteiger partial charge < -0.3 is 8.83 Å². The highest BCUT2D eigenvalue weighted by molar-refractivity contribution is 6.17. The third-order valence-corrected chi connectivity index (χ3v) is 8.40. The molecule has 0 radical (unpaired) electrons. The molecule has 0 aliphatic rings. The summed E-state index contributed by atoms with van der Waals surface area (Å²) in [5.41, 5.74) is 10.4. The second-order valence-electron chi connectivity index (χ2n) is 10.3. The van der Waals surface area contributed by atoms with Crippen LogP contribution in [0.1, 0.15) is 0 Å². The lowest BCUT2D eigenvalue weighted by atomic mass is 10.1. The first-order valence-electron chi connectivity index (χ1n) is 12.9. The molecule has 6 aromatic heterocycles. The summed E-state index contributed by atoms with van der Waals surface area (Å²) in [6, 6.07) is 31.3. The highest BCUT2D eigenvalue weighted by atomic mass is 16.3. The van der Waals surface area contributed by atoms with Gasteiger partial charge in [-0.3, -0.25) is 8.80 Å². The summed E-state index contributed by atoms with van der Waals surface area (Å²) in [4.78, 5) is 10.4. The zero-order valence-corrected chi connectivity index (χ0v) is 20.2. The van der Waals surface area contributed by atoms with Crippen molar-refractivity contribution >= 4 is 94.0 Å². The number of imidazole rings is 4. The lowest BCUT2D eigenvalue weighted by Gasteiger charge is -1.98. The van der Waals surface area contributed by atoms with Crippen molar-refractivity contribution in [3.8, 4) is 0 Å². The Morgan fingerprint density at radius 3 is 1.49 bits per heavy atom. The summed E-state index contributed by atoms with van der Waals surface area (Å²) in [6.45, 7) is 0. The smallest absolute Gasteiger partial charge is 0.223 e. The summed E-state index contributed by atoms with van der Waals surface area (Å²) in [5, 5.41) is 4.35. The van der Waals surface area contributed by atoms with Crippen molar-refractivity contribution in [2.24, 2.45) is 0 Å². The van der Waals surface area contributed by atoms with Crippen molar-refractivity contribution in [3.63, 3.8) is 0 Å². The minimum atomic E-state index is 0.810. The number of aromatic nitrogens is 5. The Bertz CT molecular complexity index is 2650. The van der Waals surface area contributed by atoms with E-state index >= 15 is 0 Å². The van der Waals surface area contributed by atoms with E-state index in [1.807, 2.05) is 36.4 Å². The average Bonchev–Trinajstić information content (AvgIpc) is 3.78. The monoisotopic (exact) mass is 501 g/mol. The van der Waals surface area contributed by atoms with Crippen LogP contribution in [0, 0.1) is 0 Å². The van der Waals surface area contributed by atoms with Crippen LogP contribution in [0.3, 0.4) is 0 Å². The van der Waals surface area contributed by atoms with Crippen molar-refractivity contribution in [1.82, 2.24) is 23.2 Å². The van der Waals surface area contributed by atoms with E-state index in [0.717, 1.165) is 94.0 Å². The van der Waals surface area contributed by atoms with E-state index < -0.39 is 0 Å². The van der Waals surface area contributed by atoms with Gasteiger partial charge in [-0.05, 0) is 48.5 Å². The number of nitrogens with zero attached hydrogens (tertiary/aromatic N) is 5. The molecule has 6 heterocycles. The van der Waals surface area contributed by atoms with E-state index in [9.17, 15) is 0 Å². The number of rotatable bonds is 0. The largest absolute Gasteiger partial charge is 0.454 e. The van der Waals surface area contributed by atoms with Gasteiger partial charge in [0.2, 0.25) is 11.6 Å². The van der Waals surface area contributed by atoms with Gasteiger partial charge in [0.05, 0.1) is 22.1 Å². The van der Waals surface area contributed by atoms with Crippen LogP contribution < -0.4 is 0 Å². The van der Waals surface area contributed by atoms with Gasteiger partial charge in [0.1, 0.15) is 27.7 Å². The van der Waals surface area contributed by atoms with Gasteiger partial charge in [-0.15, -0.1) is 0 Å². The van der Waals surface area contributed by atoms with Gasteiger partial charge in [-0.1, -0.05) is 42.5 Å². The number of hydrogen-bond donors (Lipinski definition) is 0. The summed E-state index contributed by atoms with van der Waals surface area (Å²) < 4.78 is 19.3. The molecular weight excluding hydrogens is 486 g/mol. The first-order valence-corrected chi connectivity index (χ1v) is 12.9. The van der Waals surface area contributed by atoms with Crippen molar-refractivity contribution in [1.29, 1.82) is 0 Å². The van der Waals surface area contributed by atoms with Crippen LogP contribution in [0.4, 0.5) is 0 Å². The lowest BCUT2D eigenvalue weighted by molar-refractivity contribution is 0.671. The van der Waals surface area contributed by atoms with Crippen LogP contribution in [-0.4, -0.2) is 23.2 Å². The predicted molar refractivity (Wildman–Crippen MR) is 153 cm³/mol. The second-order valence-corrected chi connectivity index (χ2v) is 10.3. The molecule has 0 saturated carbocycles. The van der Waals surface area contributed by atoms with E-state index in [2.05, 4.69) is 67.8 Å². The standard InChI is InChI=1S/C32H15N5O2/c1-3-10-24-16(6-1)18-12-14-20-26(29(18)38-24)33-31-35(20)22-8-5-9-23-28(22)37(31)32-34-27-21(36(23)32)15-13-19-17-7-2-4-11-25(17)39-30(19)27/h1-15H. The molecule has 0 aliphatic heterocycles. The van der Waals surface area contributed by atoms with Gasteiger partial charge in [0.15, 0.2) is 11.2 Å². The maximum atomic E-state index is 6.34. The third kappa shape index (κ3) is 1.94. The summed E-state index contributed by atoms with van der Waals surface area (Å²) in [5.74, 6) is 1.63. The molecule has 0 unspecified atom stereocenters. The second kappa shape index (κ2) is 5.95. The van der Waals surface area contributed by atoms with E-state index in [-0.39, 0.29) is 0 Å². The van der Waals surface area contributed by atoms with E-state index in [4.69, 9.17) is 18.8 Å². The molecule has 0 saturated heterocycles. The first-order chi connectivity index (χ1) is 19.3. The molecule has 7 heteroatoms. The molecule has 0 atom stereocenters. The van der Waals surface area contributed by atoms with Gasteiger partial charge in [0.25, 0.3) is 0 Å². The van der Waals surface area contributed by atoms with Crippen molar-refractivity contribution in [2.45, 2.75) is 0 Å². The Labute approximate surface area is 217 Å². The number of para-hydroxylation sites is 3. The van der Waals surface area contributed by atoms with Crippen molar-refractivity contribution < 1.29 is 8.83 Å². The lowest BCUT2D eigenvalue weighted by Crippen LogP contribution is -1.87. The molecule has 0 fully saturated rings. The van der Waals surface area contributed by atoms with Crippen LogP contribution >= 0.6 is 0 Å². The Balaban J connectivity index is 1.36. The number of hydrogen-bond acceptors (Lipinski definition) is 4. The summed E-state index contributed by atoms with van der Waals surface area (Å²) in [7, 11) is 0. The minimum absolute atomic E-state index is 0.810. The molecule has 5 aromatic carbocycles. The highest BCUT2D eigenvalue weighted by Crippen LogP contribution is 2.40. The van der Waals surface area contributed by atoms with Gasteiger partial charge in [-0.25, -0.2) is 14.4 Å². The molecule has 180 valence electrons. The molecule has 7 nitrogen and oxygen atoms in total. The van der Waals surface area contributed by atoms with Gasteiger partial charge >= 0.3 is 0 Å². The normalized spacial score (nSPS) is 13.1. The summed E-state index contributed by atoms with van der Waals surface area (Å²) >= 11 is 0.